The van der Waals surface area contributed by atoms with Gasteiger partial charge in [0.05, 0.1) is 6.10 Å². The van der Waals surface area contributed by atoms with Gasteiger partial charge in [-0.15, -0.1) is 0 Å². The van der Waals surface area contributed by atoms with E-state index >= 15 is 0 Å². The van der Waals surface area contributed by atoms with Crippen LogP contribution in [0.4, 0.5) is 0 Å². The van der Waals surface area contributed by atoms with Crippen LogP contribution in [0.2, 0.25) is 0 Å². The molecule has 1 heterocycles. The molecule has 1 aliphatic rings. The lowest BCUT2D eigenvalue weighted by atomic mass is 10.0. The van der Waals surface area contributed by atoms with Gasteiger partial charge in [-0.2, -0.15) is 0 Å². The Kier molecular flexibility index (Phi) is 5.23. The SMILES string of the molecule is CCC(C)(C)NC(=O)c1ccc(OCC2CCCO2)cc1. The van der Waals surface area contributed by atoms with Gasteiger partial charge in [0, 0.05) is 17.7 Å². The van der Waals surface area contributed by atoms with Gasteiger partial charge in [-0.3, -0.25) is 4.79 Å². The molecule has 0 radical (unpaired) electrons. The molecule has 0 aromatic heterocycles. The molecule has 4 nitrogen and oxygen atoms in total. The summed E-state index contributed by atoms with van der Waals surface area (Å²) >= 11 is 0. The number of rotatable bonds is 6. The first-order valence-electron chi connectivity index (χ1n) is 7.67. The van der Waals surface area contributed by atoms with Crippen molar-refractivity contribution in [2.75, 3.05) is 13.2 Å². The number of nitrogens with one attached hydrogen (secondary N) is 1. The summed E-state index contributed by atoms with van der Waals surface area (Å²) in [7, 11) is 0. The minimum atomic E-state index is -0.188. The van der Waals surface area contributed by atoms with E-state index in [-0.39, 0.29) is 17.6 Å². The van der Waals surface area contributed by atoms with Crippen molar-refractivity contribution >= 4 is 5.91 Å². The average Bonchev–Trinajstić information content (AvgIpc) is 2.98. The monoisotopic (exact) mass is 291 g/mol. The molecule has 1 atom stereocenters. The second-order valence-corrected chi connectivity index (χ2v) is 6.16. The molecule has 1 amide bonds. The van der Waals surface area contributed by atoms with Crippen molar-refractivity contribution in [2.24, 2.45) is 0 Å². The number of amides is 1. The van der Waals surface area contributed by atoms with Crippen LogP contribution in [0, 0.1) is 0 Å². The van der Waals surface area contributed by atoms with Crippen LogP contribution in [-0.4, -0.2) is 30.8 Å². The van der Waals surface area contributed by atoms with Crippen LogP contribution >= 0.6 is 0 Å². The standard InChI is InChI=1S/C17H25NO3/c1-4-17(2,3)18-16(19)13-7-9-14(10-8-13)21-12-15-6-5-11-20-15/h7-10,15H,4-6,11-12H2,1-3H3,(H,18,19). The van der Waals surface area contributed by atoms with E-state index in [9.17, 15) is 4.79 Å². The summed E-state index contributed by atoms with van der Waals surface area (Å²) in [6.07, 6.45) is 3.27. The topological polar surface area (TPSA) is 47.6 Å². The maximum atomic E-state index is 12.1. The molecule has 1 aromatic rings. The smallest absolute Gasteiger partial charge is 0.251 e. The molecule has 116 valence electrons. The first-order valence-corrected chi connectivity index (χ1v) is 7.67. The molecule has 4 heteroatoms. The summed E-state index contributed by atoms with van der Waals surface area (Å²) in [5.41, 5.74) is 0.465. The summed E-state index contributed by atoms with van der Waals surface area (Å²) in [6.45, 7) is 7.50. The Bertz CT molecular complexity index is 461. The van der Waals surface area contributed by atoms with E-state index in [0.29, 0.717) is 12.2 Å². The number of carbonyl (C=O) groups excluding carboxylic acids is 1. The Balaban J connectivity index is 1.87. The Morgan fingerprint density at radius 1 is 1.38 bits per heavy atom. The lowest BCUT2D eigenvalue weighted by Crippen LogP contribution is -2.42. The van der Waals surface area contributed by atoms with E-state index in [2.05, 4.69) is 12.2 Å². The van der Waals surface area contributed by atoms with Crippen molar-refractivity contribution in [2.45, 2.75) is 51.7 Å². The number of benzene rings is 1. The average molecular weight is 291 g/mol. The molecule has 1 saturated heterocycles. The van der Waals surface area contributed by atoms with Crippen molar-refractivity contribution in [1.82, 2.24) is 5.32 Å². The highest BCUT2D eigenvalue weighted by atomic mass is 16.5. The Morgan fingerprint density at radius 3 is 2.67 bits per heavy atom. The van der Waals surface area contributed by atoms with E-state index < -0.39 is 0 Å². The maximum Gasteiger partial charge on any atom is 0.251 e. The van der Waals surface area contributed by atoms with Crippen molar-refractivity contribution in [3.63, 3.8) is 0 Å². The fraction of sp³-hybridized carbons (Fsp3) is 0.588. The number of ether oxygens (including phenoxy) is 2. The van der Waals surface area contributed by atoms with E-state index in [1.807, 2.05) is 26.0 Å². The molecule has 0 spiro atoms. The first-order chi connectivity index (χ1) is 10.00. The molecule has 21 heavy (non-hydrogen) atoms. The number of hydrogen-bond donors (Lipinski definition) is 1. The van der Waals surface area contributed by atoms with Crippen LogP contribution in [0.3, 0.4) is 0 Å². The third-order valence-electron chi connectivity index (χ3n) is 3.91. The zero-order chi connectivity index (χ0) is 15.3. The van der Waals surface area contributed by atoms with Gasteiger partial charge in [0.1, 0.15) is 12.4 Å². The summed E-state index contributed by atoms with van der Waals surface area (Å²) < 4.78 is 11.2. The first kappa shape index (κ1) is 15.8. The van der Waals surface area contributed by atoms with E-state index in [0.717, 1.165) is 31.6 Å². The summed E-state index contributed by atoms with van der Waals surface area (Å²) in [5, 5.41) is 3.02. The third kappa shape index (κ3) is 4.74. The van der Waals surface area contributed by atoms with E-state index in [1.165, 1.54) is 0 Å². The fourth-order valence-corrected chi connectivity index (χ4v) is 2.14. The molecule has 0 bridgehead atoms. The molecule has 1 unspecified atom stereocenters. The summed E-state index contributed by atoms with van der Waals surface area (Å²) in [4.78, 5) is 12.1. The molecule has 1 aromatic carbocycles. The Morgan fingerprint density at radius 2 is 2.10 bits per heavy atom. The van der Waals surface area contributed by atoms with Crippen molar-refractivity contribution in [3.8, 4) is 5.75 Å². The van der Waals surface area contributed by atoms with Crippen LogP contribution in [-0.2, 0) is 4.74 Å². The van der Waals surface area contributed by atoms with Gasteiger partial charge in [0.2, 0.25) is 0 Å². The van der Waals surface area contributed by atoms with Gasteiger partial charge in [-0.05, 0) is 57.4 Å². The van der Waals surface area contributed by atoms with Crippen molar-refractivity contribution in [1.29, 1.82) is 0 Å². The predicted molar refractivity (Wildman–Crippen MR) is 82.7 cm³/mol. The zero-order valence-corrected chi connectivity index (χ0v) is 13.1. The number of carbonyl (C=O) groups is 1. The largest absolute Gasteiger partial charge is 0.491 e. The summed E-state index contributed by atoms with van der Waals surface area (Å²) in [6, 6.07) is 7.27. The van der Waals surface area contributed by atoms with Gasteiger partial charge in [-0.1, -0.05) is 6.92 Å². The van der Waals surface area contributed by atoms with E-state index in [1.54, 1.807) is 12.1 Å². The zero-order valence-electron chi connectivity index (χ0n) is 13.1. The highest BCUT2D eigenvalue weighted by molar-refractivity contribution is 5.94. The quantitative estimate of drug-likeness (QED) is 0.875. The van der Waals surface area contributed by atoms with Gasteiger partial charge < -0.3 is 14.8 Å². The molecule has 0 saturated carbocycles. The molecule has 0 aliphatic carbocycles. The van der Waals surface area contributed by atoms with Crippen LogP contribution in [0.15, 0.2) is 24.3 Å². The van der Waals surface area contributed by atoms with Crippen LogP contribution in [0.1, 0.15) is 50.4 Å². The lowest BCUT2D eigenvalue weighted by molar-refractivity contribution is 0.0679. The van der Waals surface area contributed by atoms with Crippen LogP contribution < -0.4 is 10.1 Å². The van der Waals surface area contributed by atoms with Gasteiger partial charge in [0.25, 0.3) is 5.91 Å². The second kappa shape index (κ2) is 6.94. The minimum Gasteiger partial charge on any atom is -0.491 e. The molecule has 1 fully saturated rings. The van der Waals surface area contributed by atoms with Crippen molar-refractivity contribution in [3.05, 3.63) is 29.8 Å². The van der Waals surface area contributed by atoms with Crippen molar-refractivity contribution < 1.29 is 14.3 Å². The molecule has 2 rings (SSSR count). The Hall–Kier alpha value is -1.55. The number of hydrogen-bond acceptors (Lipinski definition) is 3. The second-order valence-electron chi connectivity index (χ2n) is 6.16. The van der Waals surface area contributed by atoms with Gasteiger partial charge >= 0.3 is 0 Å². The van der Waals surface area contributed by atoms with Gasteiger partial charge in [0.15, 0.2) is 0 Å². The maximum absolute atomic E-state index is 12.1. The minimum absolute atomic E-state index is 0.0486. The molecule has 1 N–H and O–H groups in total. The molecular formula is C17H25NO3. The highest BCUT2D eigenvalue weighted by Crippen LogP contribution is 2.17. The van der Waals surface area contributed by atoms with Crippen LogP contribution in [0.25, 0.3) is 0 Å². The molecule has 1 aliphatic heterocycles. The lowest BCUT2D eigenvalue weighted by Gasteiger charge is -2.24. The predicted octanol–water partition coefficient (Wildman–Crippen LogP) is 3.16. The van der Waals surface area contributed by atoms with Crippen LogP contribution in [0.5, 0.6) is 5.75 Å². The normalized spacial score (nSPS) is 18.5. The van der Waals surface area contributed by atoms with E-state index in [4.69, 9.17) is 9.47 Å². The van der Waals surface area contributed by atoms with Gasteiger partial charge in [-0.25, -0.2) is 0 Å². The Labute approximate surface area is 126 Å². The highest BCUT2D eigenvalue weighted by Gasteiger charge is 2.19. The third-order valence-corrected chi connectivity index (χ3v) is 3.91. The molecular weight excluding hydrogens is 266 g/mol. The fourth-order valence-electron chi connectivity index (χ4n) is 2.14. The summed E-state index contributed by atoms with van der Waals surface area (Å²) in [5.74, 6) is 0.726.